The second-order valence-corrected chi connectivity index (χ2v) is 8.28. The molecule has 0 fully saturated rings. The zero-order valence-corrected chi connectivity index (χ0v) is 15.4. The first-order valence-corrected chi connectivity index (χ1v) is 10.2. The molecule has 0 aliphatic carbocycles. The molecule has 0 saturated carbocycles. The van der Waals surface area contributed by atoms with Crippen LogP contribution in [0.25, 0.3) is 0 Å². The Morgan fingerprint density at radius 3 is 2.12 bits per heavy atom. The lowest BCUT2D eigenvalue weighted by atomic mass is 10.1. The van der Waals surface area contributed by atoms with Crippen molar-refractivity contribution in [2.24, 2.45) is 5.73 Å². The molecule has 0 aliphatic rings. The van der Waals surface area contributed by atoms with Gasteiger partial charge in [-0.25, -0.2) is 8.42 Å². The highest BCUT2D eigenvalue weighted by Crippen LogP contribution is 2.20. The number of benzene rings is 2. The summed E-state index contributed by atoms with van der Waals surface area (Å²) >= 11 is 0. The standard InChI is InChI=1S/C19H22N4O2S/c1-2-26(24,25)19-22-21-18(17(20)13-15-9-5-3-6-10-15)23(19)14-16-11-7-4-8-12-16/h3-12,17H,2,13-14,20H2,1H3/t17-/m0/s1. The summed E-state index contributed by atoms with van der Waals surface area (Å²) < 4.78 is 26.5. The lowest BCUT2D eigenvalue weighted by Gasteiger charge is -2.15. The number of aromatic nitrogens is 3. The molecule has 0 radical (unpaired) electrons. The van der Waals surface area contributed by atoms with Crippen LogP contribution in [0.15, 0.2) is 65.8 Å². The molecular formula is C19H22N4O2S. The van der Waals surface area contributed by atoms with Crippen LogP contribution in [0.4, 0.5) is 0 Å². The Bertz CT molecular complexity index is 954. The summed E-state index contributed by atoms with van der Waals surface area (Å²) in [5.41, 5.74) is 8.39. The molecule has 2 N–H and O–H groups in total. The van der Waals surface area contributed by atoms with Gasteiger partial charge in [0, 0.05) is 0 Å². The molecule has 136 valence electrons. The number of nitrogens with two attached hydrogens (primary N) is 1. The second kappa shape index (κ2) is 7.80. The molecule has 3 aromatic rings. The van der Waals surface area contributed by atoms with E-state index in [1.54, 1.807) is 11.5 Å². The van der Waals surface area contributed by atoms with Gasteiger partial charge in [-0.05, 0) is 17.5 Å². The molecule has 1 atom stereocenters. The van der Waals surface area contributed by atoms with Gasteiger partial charge < -0.3 is 5.73 Å². The van der Waals surface area contributed by atoms with Crippen molar-refractivity contribution < 1.29 is 8.42 Å². The van der Waals surface area contributed by atoms with Crippen LogP contribution in [-0.2, 0) is 22.8 Å². The van der Waals surface area contributed by atoms with E-state index in [1.807, 2.05) is 60.7 Å². The maximum absolute atomic E-state index is 12.4. The third-order valence-corrected chi connectivity index (χ3v) is 5.84. The van der Waals surface area contributed by atoms with Crippen LogP contribution in [0, 0.1) is 0 Å². The molecule has 0 aliphatic heterocycles. The van der Waals surface area contributed by atoms with Crippen molar-refractivity contribution in [2.75, 3.05) is 5.75 Å². The van der Waals surface area contributed by atoms with E-state index in [0.29, 0.717) is 18.8 Å². The van der Waals surface area contributed by atoms with Crippen molar-refractivity contribution in [3.05, 3.63) is 77.6 Å². The van der Waals surface area contributed by atoms with E-state index in [1.165, 1.54) is 0 Å². The summed E-state index contributed by atoms with van der Waals surface area (Å²) in [7, 11) is -3.50. The van der Waals surface area contributed by atoms with E-state index in [4.69, 9.17) is 5.73 Å². The summed E-state index contributed by atoms with van der Waals surface area (Å²) in [6.45, 7) is 1.96. The highest BCUT2D eigenvalue weighted by Gasteiger charge is 2.26. The van der Waals surface area contributed by atoms with E-state index in [2.05, 4.69) is 10.2 Å². The summed E-state index contributed by atoms with van der Waals surface area (Å²) in [6, 6.07) is 19.0. The maximum Gasteiger partial charge on any atom is 0.250 e. The van der Waals surface area contributed by atoms with Crippen LogP contribution in [0.5, 0.6) is 0 Å². The van der Waals surface area contributed by atoms with Crippen molar-refractivity contribution in [2.45, 2.75) is 31.1 Å². The van der Waals surface area contributed by atoms with Gasteiger partial charge in [0.15, 0.2) is 5.82 Å². The van der Waals surface area contributed by atoms with Crippen LogP contribution in [-0.4, -0.2) is 28.9 Å². The number of sulfone groups is 1. The molecule has 2 aromatic carbocycles. The van der Waals surface area contributed by atoms with Crippen LogP contribution in [0.2, 0.25) is 0 Å². The first-order chi connectivity index (χ1) is 12.5. The Morgan fingerprint density at radius 2 is 1.54 bits per heavy atom. The topological polar surface area (TPSA) is 90.9 Å². The molecule has 1 heterocycles. The average molecular weight is 370 g/mol. The maximum atomic E-state index is 12.4. The van der Waals surface area contributed by atoms with Crippen molar-refractivity contribution in [1.82, 2.24) is 14.8 Å². The Hall–Kier alpha value is -2.51. The van der Waals surface area contributed by atoms with E-state index in [0.717, 1.165) is 11.1 Å². The fourth-order valence-corrected chi connectivity index (χ4v) is 3.72. The van der Waals surface area contributed by atoms with Gasteiger partial charge in [-0.3, -0.25) is 4.57 Å². The summed E-state index contributed by atoms with van der Waals surface area (Å²) in [4.78, 5) is 0. The summed E-state index contributed by atoms with van der Waals surface area (Å²) in [5, 5.41) is 8.07. The summed E-state index contributed by atoms with van der Waals surface area (Å²) in [6.07, 6.45) is 0.555. The lowest BCUT2D eigenvalue weighted by molar-refractivity contribution is 0.554. The minimum Gasteiger partial charge on any atom is -0.321 e. The SMILES string of the molecule is CCS(=O)(=O)c1nnc([C@@H](N)Cc2ccccc2)n1Cc1ccccc1. The van der Waals surface area contributed by atoms with Gasteiger partial charge in [0.05, 0.1) is 18.3 Å². The number of rotatable bonds is 7. The van der Waals surface area contributed by atoms with Crippen molar-refractivity contribution >= 4 is 9.84 Å². The lowest BCUT2D eigenvalue weighted by Crippen LogP contribution is -2.22. The Morgan fingerprint density at radius 1 is 0.962 bits per heavy atom. The first-order valence-electron chi connectivity index (χ1n) is 8.50. The van der Waals surface area contributed by atoms with E-state index in [9.17, 15) is 8.42 Å². The van der Waals surface area contributed by atoms with E-state index in [-0.39, 0.29) is 10.9 Å². The van der Waals surface area contributed by atoms with Crippen molar-refractivity contribution in [1.29, 1.82) is 0 Å². The molecule has 6 nitrogen and oxygen atoms in total. The van der Waals surface area contributed by atoms with Crippen LogP contribution < -0.4 is 5.73 Å². The van der Waals surface area contributed by atoms with Gasteiger partial charge in [-0.2, -0.15) is 0 Å². The fourth-order valence-electron chi connectivity index (χ4n) is 2.81. The van der Waals surface area contributed by atoms with Gasteiger partial charge in [0.25, 0.3) is 0 Å². The fraction of sp³-hybridized carbons (Fsp3) is 0.263. The summed E-state index contributed by atoms with van der Waals surface area (Å²) in [5.74, 6) is 0.443. The molecule has 0 saturated heterocycles. The highest BCUT2D eigenvalue weighted by atomic mass is 32.2. The largest absolute Gasteiger partial charge is 0.321 e. The smallest absolute Gasteiger partial charge is 0.250 e. The average Bonchev–Trinajstić information content (AvgIpc) is 3.08. The predicted molar refractivity (Wildman–Crippen MR) is 100 cm³/mol. The van der Waals surface area contributed by atoms with Crippen LogP contribution in [0.3, 0.4) is 0 Å². The van der Waals surface area contributed by atoms with Gasteiger partial charge in [-0.15, -0.1) is 10.2 Å². The minimum atomic E-state index is -3.50. The number of hydrogen-bond acceptors (Lipinski definition) is 5. The second-order valence-electron chi connectivity index (χ2n) is 6.11. The zero-order valence-electron chi connectivity index (χ0n) is 14.6. The van der Waals surface area contributed by atoms with Gasteiger partial charge in [0.1, 0.15) is 0 Å². The quantitative estimate of drug-likeness (QED) is 0.689. The van der Waals surface area contributed by atoms with Crippen LogP contribution in [0.1, 0.15) is 29.9 Å². The Kier molecular flexibility index (Phi) is 5.49. The molecule has 3 rings (SSSR count). The molecule has 0 bridgehead atoms. The van der Waals surface area contributed by atoms with Gasteiger partial charge in [0.2, 0.25) is 15.0 Å². The first kappa shape index (κ1) is 18.3. The molecule has 0 amide bonds. The van der Waals surface area contributed by atoms with E-state index >= 15 is 0 Å². The van der Waals surface area contributed by atoms with Gasteiger partial charge >= 0.3 is 0 Å². The third-order valence-electron chi connectivity index (χ3n) is 4.22. The molecule has 7 heteroatoms. The highest BCUT2D eigenvalue weighted by molar-refractivity contribution is 7.91. The predicted octanol–water partition coefficient (Wildman–Crippen LogP) is 2.36. The minimum absolute atomic E-state index is 0.0256. The molecular weight excluding hydrogens is 348 g/mol. The number of hydrogen-bond donors (Lipinski definition) is 1. The van der Waals surface area contributed by atoms with Crippen LogP contribution >= 0.6 is 0 Å². The molecule has 1 aromatic heterocycles. The van der Waals surface area contributed by atoms with E-state index < -0.39 is 15.9 Å². The molecule has 26 heavy (non-hydrogen) atoms. The zero-order chi connectivity index (χ0) is 18.6. The monoisotopic (exact) mass is 370 g/mol. The Balaban J connectivity index is 1.99. The van der Waals surface area contributed by atoms with Crippen molar-refractivity contribution in [3.8, 4) is 0 Å². The normalized spacial score (nSPS) is 12.8. The van der Waals surface area contributed by atoms with Gasteiger partial charge in [-0.1, -0.05) is 67.6 Å². The molecule has 0 unspecified atom stereocenters. The molecule has 0 spiro atoms. The third kappa shape index (κ3) is 4.00. The van der Waals surface area contributed by atoms with Crippen molar-refractivity contribution in [3.63, 3.8) is 0 Å². The number of nitrogens with zero attached hydrogens (tertiary/aromatic N) is 3. The Labute approximate surface area is 153 Å².